The molecule has 1 unspecified atom stereocenters. The largest absolute Gasteiger partial charge is 0.497 e. The number of carboxylic acids is 1. The van der Waals surface area contributed by atoms with Crippen LogP contribution in [0.1, 0.15) is 28.2 Å². The number of nitrogens with one attached hydrogen (secondary N) is 1. The molecule has 0 spiro atoms. The number of carboxylic acid groups (broad SMARTS) is 1. The van der Waals surface area contributed by atoms with Gasteiger partial charge in [0.25, 0.3) is 0 Å². The predicted molar refractivity (Wildman–Crippen MR) is 81.3 cm³/mol. The zero-order valence-corrected chi connectivity index (χ0v) is 12.6. The second-order valence-corrected chi connectivity index (χ2v) is 5.97. The van der Waals surface area contributed by atoms with Crippen LogP contribution in [0.5, 0.6) is 5.75 Å². The lowest BCUT2D eigenvalue weighted by Crippen LogP contribution is -2.10. The fraction of sp³-hybridized carbons (Fsp3) is 0.214. The van der Waals surface area contributed by atoms with Crippen LogP contribution in [-0.2, 0) is 0 Å². The fourth-order valence-corrected chi connectivity index (χ4v) is 2.88. The summed E-state index contributed by atoms with van der Waals surface area (Å²) in [5, 5.41) is 12.4. The average Bonchev–Trinajstić information content (AvgIpc) is 2.85. The van der Waals surface area contributed by atoms with Crippen molar-refractivity contribution in [1.82, 2.24) is 0 Å². The maximum atomic E-state index is 11.2. The summed E-state index contributed by atoms with van der Waals surface area (Å²) >= 11 is 7.38. The second kappa shape index (κ2) is 6.15. The van der Waals surface area contributed by atoms with Crippen molar-refractivity contribution >= 4 is 34.6 Å². The lowest BCUT2D eigenvalue weighted by atomic mass is 10.1. The van der Waals surface area contributed by atoms with E-state index in [1.165, 1.54) is 17.4 Å². The van der Waals surface area contributed by atoms with Crippen molar-refractivity contribution in [3.05, 3.63) is 45.1 Å². The number of hydrogen-bond donors (Lipinski definition) is 2. The number of methoxy groups -OCH3 is 1. The molecule has 1 aromatic carbocycles. The molecule has 2 aromatic rings. The summed E-state index contributed by atoms with van der Waals surface area (Å²) in [6.07, 6.45) is 0. The Bertz CT molecular complexity index is 627. The van der Waals surface area contributed by atoms with Crippen molar-refractivity contribution in [3.8, 4) is 5.75 Å². The highest BCUT2D eigenvalue weighted by Crippen LogP contribution is 2.31. The van der Waals surface area contributed by atoms with Gasteiger partial charge in [0.2, 0.25) is 0 Å². The van der Waals surface area contributed by atoms with Crippen LogP contribution < -0.4 is 10.1 Å². The summed E-state index contributed by atoms with van der Waals surface area (Å²) in [6.45, 7) is 1.95. The van der Waals surface area contributed by atoms with Crippen LogP contribution in [0.4, 0.5) is 5.69 Å². The van der Waals surface area contributed by atoms with Crippen LogP contribution in [0, 0.1) is 0 Å². The third-order valence-corrected chi connectivity index (χ3v) is 4.26. The molecule has 0 aliphatic rings. The minimum atomic E-state index is -0.980. The molecule has 4 nitrogen and oxygen atoms in total. The normalized spacial score (nSPS) is 11.9. The number of thiophene rings is 1. The Morgan fingerprint density at radius 3 is 2.70 bits per heavy atom. The van der Waals surface area contributed by atoms with Gasteiger partial charge in [-0.15, -0.1) is 11.3 Å². The number of anilines is 1. The Morgan fingerprint density at radius 2 is 2.15 bits per heavy atom. The van der Waals surface area contributed by atoms with Crippen molar-refractivity contribution in [2.24, 2.45) is 0 Å². The van der Waals surface area contributed by atoms with Gasteiger partial charge in [-0.3, -0.25) is 0 Å². The van der Waals surface area contributed by atoms with Crippen LogP contribution in [0.15, 0.2) is 30.3 Å². The van der Waals surface area contributed by atoms with Crippen molar-refractivity contribution in [2.45, 2.75) is 13.0 Å². The highest BCUT2D eigenvalue weighted by molar-refractivity contribution is 7.16. The van der Waals surface area contributed by atoms with Gasteiger partial charge in [0, 0.05) is 10.9 Å². The number of ether oxygens (including phenoxy) is 1. The van der Waals surface area contributed by atoms with Crippen LogP contribution >= 0.6 is 22.9 Å². The molecule has 20 heavy (non-hydrogen) atoms. The number of carbonyl (C=O) groups is 1. The first-order valence-electron chi connectivity index (χ1n) is 5.94. The van der Waals surface area contributed by atoms with E-state index < -0.39 is 5.97 Å². The van der Waals surface area contributed by atoms with Gasteiger partial charge in [-0.1, -0.05) is 11.6 Å². The Balaban J connectivity index is 2.29. The highest BCUT2D eigenvalue weighted by Gasteiger charge is 2.15. The van der Waals surface area contributed by atoms with E-state index in [0.29, 0.717) is 15.8 Å². The SMILES string of the molecule is COc1ccc(C(=O)O)c(NC(C)c2ccc(Cl)s2)c1. The Kier molecular flexibility index (Phi) is 4.52. The monoisotopic (exact) mass is 311 g/mol. The standard InChI is InChI=1S/C14H14ClNO3S/c1-8(12-5-6-13(15)20-12)16-11-7-9(19-2)3-4-10(11)14(17)18/h3-8,16H,1-2H3,(H,17,18). The smallest absolute Gasteiger partial charge is 0.337 e. The van der Waals surface area contributed by atoms with Gasteiger partial charge >= 0.3 is 5.97 Å². The predicted octanol–water partition coefficient (Wildman–Crippen LogP) is 4.28. The first kappa shape index (κ1) is 14.7. The van der Waals surface area contributed by atoms with Gasteiger partial charge in [0.1, 0.15) is 5.75 Å². The first-order chi connectivity index (χ1) is 9.51. The number of hydrogen-bond acceptors (Lipinski definition) is 4. The highest BCUT2D eigenvalue weighted by atomic mass is 35.5. The average molecular weight is 312 g/mol. The van der Waals surface area contributed by atoms with Crippen LogP contribution in [-0.4, -0.2) is 18.2 Å². The number of benzene rings is 1. The third kappa shape index (κ3) is 3.23. The summed E-state index contributed by atoms with van der Waals surface area (Å²) in [5.41, 5.74) is 0.731. The van der Waals surface area contributed by atoms with E-state index in [0.717, 1.165) is 4.88 Å². The minimum Gasteiger partial charge on any atom is -0.497 e. The van der Waals surface area contributed by atoms with E-state index in [4.69, 9.17) is 16.3 Å². The number of aromatic carboxylic acids is 1. The van der Waals surface area contributed by atoms with Crippen molar-refractivity contribution in [2.75, 3.05) is 12.4 Å². The van der Waals surface area contributed by atoms with Crippen molar-refractivity contribution in [3.63, 3.8) is 0 Å². The summed E-state index contributed by atoms with van der Waals surface area (Å²) in [5.74, 6) is -0.375. The second-order valence-electron chi connectivity index (χ2n) is 4.22. The zero-order valence-electron chi connectivity index (χ0n) is 11.0. The molecule has 2 rings (SSSR count). The molecule has 0 radical (unpaired) electrons. The molecule has 0 saturated carbocycles. The first-order valence-corrected chi connectivity index (χ1v) is 7.14. The van der Waals surface area contributed by atoms with Gasteiger partial charge in [-0.2, -0.15) is 0 Å². The molecular weight excluding hydrogens is 298 g/mol. The van der Waals surface area contributed by atoms with Crippen molar-refractivity contribution < 1.29 is 14.6 Å². The van der Waals surface area contributed by atoms with Crippen LogP contribution in [0.25, 0.3) is 0 Å². The molecule has 0 saturated heterocycles. The quantitative estimate of drug-likeness (QED) is 0.865. The fourth-order valence-electron chi connectivity index (χ4n) is 1.82. The van der Waals surface area contributed by atoms with E-state index in [1.54, 1.807) is 19.2 Å². The Hall–Kier alpha value is -1.72. The van der Waals surface area contributed by atoms with Gasteiger partial charge in [-0.05, 0) is 31.2 Å². The van der Waals surface area contributed by atoms with E-state index in [1.807, 2.05) is 19.1 Å². The summed E-state index contributed by atoms with van der Waals surface area (Å²) in [4.78, 5) is 12.3. The lowest BCUT2D eigenvalue weighted by molar-refractivity contribution is 0.0698. The maximum absolute atomic E-state index is 11.2. The molecule has 1 atom stereocenters. The molecule has 1 heterocycles. The van der Waals surface area contributed by atoms with Crippen LogP contribution in [0.2, 0.25) is 4.34 Å². The van der Waals surface area contributed by atoms with E-state index in [-0.39, 0.29) is 11.6 Å². The number of rotatable bonds is 5. The molecule has 1 aromatic heterocycles. The van der Waals surface area contributed by atoms with E-state index >= 15 is 0 Å². The maximum Gasteiger partial charge on any atom is 0.337 e. The Labute approximate surface area is 126 Å². The molecule has 2 N–H and O–H groups in total. The molecule has 0 aliphatic carbocycles. The molecule has 0 fully saturated rings. The van der Waals surface area contributed by atoms with Crippen LogP contribution in [0.3, 0.4) is 0 Å². The van der Waals surface area contributed by atoms with Crippen molar-refractivity contribution in [1.29, 1.82) is 0 Å². The molecule has 106 valence electrons. The topological polar surface area (TPSA) is 58.6 Å². The van der Waals surface area contributed by atoms with Gasteiger partial charge in [0.15, 0.2) is 0 Å². The summed E-state index contributed by atoms with van der Waals surface area (Å²) < 4.78 is 5.84. The molecular formula is C14H14ClNO3S. The lowest BCUT2D eigenvalue weighted by Gasteiger charge is -2.16. The Morgan fingerprint density at radius 1 is 1.40 bits per heavy atom. The molecule has 0 amide bonds. The summed E-state index contributed by atoms with van der Waals surface area (Å²) in [6, 6.07) is 8.53. The van der Waals surface area contributed by atoms with Gasteiger partial charge < -0.3 is 15.2 Å². The molecule has 0 bridgehead atoms. The van der Waals surface area contributed by atoms with Gasteiger partial charge in [0.05, 0.1) is 28.7 Å². The number of halogens is 1. The minimum absolute atomic E-state index is 0.0438. The summed E-state index contributed by atoms with van der Waals surface area (Å²) in [7, 11) is 1.54. The van der Waals surface area contributed by atoms with Gasteiger partial charge in [-0.25, -0.2) is 4.79 Å². The molecule has 0 aliphatic heterocycles. The van der Waals surface area contributed by atoms with E-state index in [9.17, 15) is 9.90 Å². The van der Waals surface area contributed by atoms with E-state index in [2.05, 4.69) is 5.32 Å². The third-order valence-electron chi connectivity index (χ3n) is 2.85. The molecule has 6 heteroatoms. The zero-order chi connectivity index (χ0) is 14.7.